The van der Waals surface area contributed by atoms with Gasteiger partial charge in [-0.3, -0.25) is 14.5 Å². The lowest BCUT2D eigenvalue weighted by molar-refractivity contribution is -0.145. The van der Waals surface area contributed by atoms with Gasteiger partial charge in [-0.05, 0) is 18.4 Å². The number of aliphatic carboxylic acids is 1. The Morgan fingerprint density at radius 2 is 1.78 bits per heavy atom. The fourth-order valence-corrected chi connectivity index (χ4v) is 3.17. The van der Waals surface area contributed by atoms with Gasteiger partial charge in [0.2, 0.25) is 5.91 Å². The summed E-state index contributed by atoms with van der Waals surface area (Å²) in [6.45, 7) is 5.65. The van der Waals surface area contributed by atoms with Crippen LogP contribution in [0.4, 0.5) is 0 Å². The molecule has 1 amide bonds. The third-order valence-electron chi connectivity index (χ3n) is 4.63. The number of nitrogens with one attached hydrogen (secondary N) is 1. The molecule has 2 atom stereocenters. The number of benzene rings is 1. The summed E-state index contributed by atoms with van der Waals surface area (Å²) in [5, 5.41) is 12.5. The number of amides is 1. The van der Waals surface area contributed by atoms with Crippen LogP contribution in [0.3, 0.4) is 0 Å². The van der Waals surface area contributed by atoms with E-state index < -0.39 is 17.8 Å². The van der Waals surface area contributed by atoms with Crippen molar-refractivity contribution in [2.45, 2.75) is 39.3 Å². The summed E-state index contributed by atoms with van der Waals surface area (Å²) in [5.41, 5.74) is 1.14. The van der Waals surface area contributed by atoms with Gasteiger partial charge in [0.15, 0.2) is 0 Å². The van der Waals surface area contributed by atoms with Gasteiger partial charge in [0.25, 0.3) is 0 Å². The van der Waals surface area contributed by atoms with Crippen molar-refractivity contribution in [2.75, 3.05) is 13.1 Å². The van der Waals surface area contributed by atoms with Crippen LogP contribution in [0.5, 0.6) is 0 Å². The van der Waals surface area contributed by atoms with Gasteiger partial charge in [0.1, 0.15) is 0 Å². The molecule has 0 spiro atoms. The summed E-state index contributed by atoms with van der Waals surface area (Å²) in [6.07, 6.45) is 1.72. The Labute approximate surface area is 137 Å². The second-order valence-corrected chi connectivity index (χ2v) is 6.25. The maximum absolute atomic E-state index is 12.5. The van der Waals surface area contributed by atoms with Crippen LogP contribution in [0.1, 0.15) is 32.3 Å². The maximum Gasteiger partial charge on any atom is 0.308 e. The van der Waals surface area contributed by atoms with E-state index in [1.165, 1.54) is 0 Å². The summed E-state index contributed by atoms with van der Waals surface area (Å²) in [7, 11) is 0. The van der Waals surface area contributed by atoms with Crippen LogP contribution in [0.15, 0.2) is 30.3 Å². The van der Waals surface area contributed by atoms with E-state index in [-0.39, 0.29) is 11.9 Å². The number of hydrogen-bond acceptors (Lipinski definition) is 3. The second kappa shape index (κ2) is 8.11. The van der Waals surface area contributed by atoms with Crippen molar-refractivity contribution in [1.82, 2.24) is 10.2 Å². The summed E-state index contributed by atoms with van der Waals surface area (Å²) in [6, 6.07) is 10.1. The zero-order valence-electron chi connectivity index (χ0n) is 13.9. The molecule has 5 heteroatoms. The van der Waals surface area contributed by atoms with Gasteiger partial charge in [-0.2, -0.15) is 0 Å². The van der Waals surface area contributed by atoms with E-state index in [1.807, 2.05) is 44.2 Å². The zero-order valence-corrected chi connectivity index (χ0v) is 13.9. The highest BCUT2D eigenvalue weighted by Crippen LogP contribution is 2.26. The Kier molecular flexibility index (Phi) is 6.16. The molecule has 1 saturated heterocycles. The minimum absolute atomic E-state index is 0.123. The molecule has 1 aromatic rings. The molecule has 0 radical (unpaired) electrons. The van der Waals surface area contributed by atoms with Crippen molar-refractivity contribution in [1.29, 1.82) is 0 Å². The third-order valence-corrected chi connectivity index (χ3v) is 4.63. The first-order valence-corrected chi connectivity index (χ1v) is 8.34. The molecule has 23 heavy (non-hydrogen) atoms. The van der Waals surface area contributed by atoms with Crippen molar-refractivity contribution in [2.24, 2.45) is 11.8 Å². The lowest BCUT2D eigenvalue weighted by atomic mass is 9.95. The summed E-state index contributed by atoms with van der Waals surface area (Å²) in [4.78, 5) is 26.1. The van der Waals surface area contributed by atoms with E-state index in [1.54, 1.807) is 0 Å². The van der Waals surface area contributed by atoms with E-state index in [0.717, 1.165) is 18.4 Å². The van der Waals surface area contributed by atoms with E-state index in [2.05, 4.69) is 10.2 Å². The van der Waals surface area contributed by atoms with E-state index >= 15 is 0 Å². The second-order valence-electron chi connectivity index (χ2n) is 6.25. The lowest BCUT2D eigenvalue weighted by Gasteiger charge is -2.20. The molecule has 0 bridgehead atoms. The van der Waals surface area contributed by atoms with Gasteiger partial charge >= 0.3 is 5.97 Å². The predicted octanol–water partition coefficient (Wildman–Crippen LogP) is 2.12. The predicted molar refractivity (Wildman–Crippen MR) is 88.8 cm³/mol. The van der Waals surface area contributed by atoms with E-state index in [4.69, 9.17) is 0 Å². The Balaban J connectivity index is 2.03. The largest absolute Gasteiger partial charge is 0.481 e. The highest BCUT2D eigenvalue weighted by molar-refractivity contribution is 5.85. The van der Waals surface area contributed by atoms with E-state index in [9.17, 15) is 14.7 Å². The van der Waals surface area contributed by atoms with Gasteiger partial charge in [-0.1, -0.05) is 44.2 Å². The molecule has 126 valence electrons. The lowest BCUT2D eigenvalue weighted by Crippen LogP contribution is -2.42. The van der Waals surface area contributed by atoms with Crippen LogP contribution in [0.2, 0.25) is 0 Å². The van der Waals surface area contributed by atoms with Crippen LogP contribution in [-0.4, -0.2) is 41.0 Å². The van der Waals surface area contributed by atoms with Crippen LogP contribution in [0, 0.1) is 11.8 Å². The third kappa shape index (κ3) is 4.55. The molecule has 0 aromatic heterocycles. The number of hydrogen-bond donors (Lipinski definition) is 2. The smallest absolute Gasteiger partial charge is 0.308 e. The maximum atomic E-state index is 12.5. The number of carbonyl (C=O) groups excluding carboxylic acids is 1. The summed E-state index contributed by atoms with van der Waals surface area (Å²) < 4.78 is 0. The topological polar surface area (TPSA) is 69.6 Å². The number of carboxylic acids is 1. The fourth-order valence-electron chi connectivity index (χ4n) is 3.17. The Morgan fingerprint density at radius 3 is 2.35 bits per heavy atom. The molecule has 5 nitrogen and oxygen atoms in total. The molecule has 1 aliphatic rings. The molecule has 2 unspecified atom stereocenters. The normalized spacial score (nSPS) is 21.5. The molecule has 1 aromatic carbocycles. The highest BCUT2D eigenvalue weighted by atomic mass is 16.4. The monoisotopic (exact) mass is 318 g/mol. The average molecular weight is 318 g/mol. The number of carbonyl (C=O) groups is 2. The zero-order chi connectivity index (χ0) is 16.8. The molecule has 0 aliphatic carbocycles. The number of carboxylic acid groups (broad SMARTS) is 1. The minimum atomic E-state index is -0.884. The Morgan fingerprint density at radius 1 is 1.17 bits per heavy atom. The Bertz CT molecular complexity index is 528. The van der Waals surface area contributed by atoms with E-state index in [0.29, 0.717) is 19.6 Å². The van der Waals surface area contributed by atoms with Crippen LogP contribution < -0.4 is 5.32 Å². The number of likely N-dealkylation sites (tertiary alicyclic amines) is 1. The molecule has 0 saturated carbocycles. The van der Waals surface area contributed by atoms with Gasteiger partial charge in [-0.25, -0.2) is 0 Å². The Hall–Kier alpha value is -1.88. The van der Waals surface area contributed by atoms with Crippen molar-refractivity contribution in [3.05, 3.63) is 35.9 Å². The molecule has 1 fully saturated rings. The highest BCUT2D eigenvalue weighted by Gasteiger charge is 2.42. The van der Waals surface area contributed by atoms with Crippen LogP contribution >= 0.6 is 0 Å². The van der Waals surface area contributed by atoms with Gasteiger partial charge in [-0.15, -0.1) is 0 Å². The fraction of sp³-hybridized carbons (Fsp3) is 0.556. The SMILES string of the molecule is CCC(CC)NC(=O)C1CN(Cc2ccccc2)CC1C(=O)O. The first kappa shape index (κ1) is 17.5. The standard InChI is InChI=1S/C18H26N2O3/c1-3-14(4-2)19-17(21)15-11-20(12-16(15)18(22)23)10-13-8-6-5-7-9-13/h5-9,14-16H,3-4,10-12H2,1-2H3,(H,19,21)(H,22,23). The van der Waals surface area contributed by atoms with Crippen molar-refractivity contribution < 1.29 is 14.7 Å². The molecular formula is C18H26N2O3. The van der Waals surface area contributed by atoms with Crippen LogP contribution in [-0.2, 0) is 16.1 Å². The van der Waals surface area contributed by atoms with Gasteiger partial charge in [0.05, 0.1) is 11.8 Å². The molecule has 2 N–H and O–H groups in total. The molecule has 2 rings (SSSR count). The van der Waals surface area contributed by atoms with Crippen LogP contribution in [0.25, 0.3) is 0 Å². The molecular weight excluding hydrogens is 292 g/mol. The number of rotatable bonds is 7. The van der Waals surface area contributed by atoms with Crippen molar-refractivity contribution in [3.63, 3.8) is 0 Å². The summed E-state index contributed by atoms with van der Waals surface area (Å²) in [5.74, 6) is -2.11. The van der Waals surface area contributed by atoms with Crippen molar-refractivity contribution >= 4 is 11.9 Å². The quantitative estimate of drug-likeness (QED) is 0.808. The first-order valence-electron chi connectivity index (χ1n) is 8.34. The first-order chi connectivity index (χ1) is 11.0. The minimum Gasteiger partial charge on any atom is -0.481 e. The molecule has 1 heterocycles. The summed E-state index contributed by atoms with van der Waals surface area (Å²) >= 11 is 0. The van der Waals surface area contributed by atoms with Crippen molar-refractivity contribution in [3.8, 4) is 0 Å². The molecule has 1 aliphatic heterocycles. The van der Waals surface area contributed by atoms with Gasteiger partial charge < -0.3 is 10.4 Å². The average Bonchev–Trinajstić information content (AvgIpc) is 2.97. The number of nitrogens with zero attached hydrogens (tertiary/aromatic N) is 1. The van der Waals surface area contributed by atoms with Gasteiger partial charge in [0, 0.05) is 25.7 Å².